The quantitative estimate of drug-likeness (QED) is 0.870. The van der Waals surface area contributed by atoms with Gasteiger partial charge in [-0.25, -0.2) is 4.79 Å². The van der Waals surface area contributed by atoms with Crippen molar-refractivity contribution in [2.45, 2.75) is 0 Å². The van der Waals surface area contributed by atoms with Crippen LogP contribution < -0.4 is 10.1 Å². The summed E-state index contributed by atoms with van der Waals surface area (Å²) >= 11 is 11.7. The number of halogens is 2. The second kappa shape index (κ2) is 7.15. The minimum absolute atomic E-state index is 0.176. The van der Waals surface area contributed by atoms with Gasteiger partial charge >= 0.3 is 5.97 Å². The minimum atomic E-state index is -1.13. The molecule has 0 aliphatic rings. The van der Waals surface area contributed by atoms with Gasteiger partial charge in [0.05, 0.1) is 5.56 Å². The predicted octanol–water partition coefficient (Wildman–Crippen LogP) is 3.71. The lowest BCUT2D eigenvalue weighted by Crippen LogP contribution is -2.16. The van der Waals surface area contributed by atoms with Gasteiger partial charge in [0.2, 0.25) is 0 Å². The Bertz CT molecular complexity index is 698. The van der Waals surface area contributed by atoms with Gasteiger partial charge in [-0.05, 0) is 30.3 Å². The highest BCUT2D eigenvalue weighted by molar-refractivity contribution is 6.35. The van der Waals surface area contributed by atoms with Gasteiger partial charge in [0, 0.05) is 15.7 Å². The number of aliphatic carboxylic acids is 1. The molecule has 2 N–H and O–H groups in total. The molecule has 5 nitrogen and oxygen atoms in total. The van der Waals surface area contributed by atoms with Crippen LogP contribution in [0.15, 0.2) is 42.5 Å². The summed E-state index contributed by atoms with van der Waals surface area (Å²) in [5, 5.41) is 12.1. The first-order chi connectivity index (χ1) is 10.5. The van der Waals surface area contributed by atoms with E-state index in [2.05, 4.69) is 5.32 Å². The maximum Gasteiger partial charge on any atom is 0.341 e. The second-order valence-electron chi connectivity index (χ2n) is 4.29. The number of carbonyl (C=O) groups is 2. The van der Waals surface area contributed by atoms with Gasteiger partial charge in [-0.15, -0.1) is 0 Å². The van der Waals surface area contributed by atoms with Crippen LogP contribution in [0.1, 0.15) is 10.4 Å². The van der Waals surface area contributed by atoms with Crippen LogP contribution in [0.3, 0.4) is 0 Å². The number of para-hydroxylation sites is 1. The lowest BCUT2D eigenvalue weighted by molar-refractivity contribution is -0.139. The van der Waals surface area contributed by atoms with Crippen molar-refractivity contribution in [3.8, 4) is 5.75 Å². The lowest BCUT2D eigenvalue weighted by Gasteiger charge is -2.11. The van der Waals surface area contributed by atoms with Crippen molar-refractivity contribution in [2.24, 2.45) is 0 Å². The summed E-state index contributed by atoms with van der Waals surface area (Å²) in [6.07, 6.45) is 0. The van der Waals surface area contributed by atoms with Crippen molar-refractivity contribution in [1.82, 2.24) is 0 Å². The zero-order chi connectivity index (χ0) is 16.1. The van der Waals surface area contributed by atoms with E-state index < -0.39 is 18.5 Å². The van der Waals surface area contributed by atoms with Crippen LogP contribution in [0.25, 0.3) is 0 Å². The molecule has 0 unspecified atom stereocenters. The molecule has 0 spiro atoms. The van der Waals surface area contributed by atoms with E-state index in [0.29, 0.717) is 15.7 Å². The molecule has 114 valence electrons. The Kier molecular flexibility index (Phi) is 5.25. The van der Waals surface area contributed by atoms with E-state index in [9.17, 15) is 9.59 Å². The Balaban J connectivity index is 2.20. The molecule has 1 amide bonds. The average Bonchev–Trinajstić information content (AvgIpc) is 2.44. The molecule has 0 radical (unpaired) electrons. The Labute approximate surface area is 136 Å². The molecule has 22 heavy (non-hydrogen) atoms. The number of ether oxygens (including phenoxy) is 1. The third-order valence-electron chi connectivity index (χ3n) is 2.60. The van der Waals surface area contributed by atoms with E-state index in [0.717, 1.165) is 0 Å². The molecule has 2 rings (SSSR count). The fourth-order valence-corrected chi connectivity index (χ4v) is 2.27. The average molecular weight is 340 g/mol. The van der Waals surface area contributed by atoms with Crippen molar-refractivity contribution < 1.29 is 19.4 Å². The topological polar surface area (TPSA) is 75.6 Å². The van der Waals surface area contributed by atoms with Crippen molar-refractivity contribution in [3.63, 3.8) is 0 Å². The standard InChI is InChI=1S/C15H11Cl2NO4/c16-9-5-10(17)7-11(6-9)18-15(21)12-3-1-2-4-13(12)22-8-14(19)20/h1-7H,8H2,(H,18,21)(H,19,20). The van der Waals surface area contributed by atoms with Gasteiger partial charge < -0.3 is 15.2 Å². The summed E-state index contributed by atoms with van der Waals surface area (Å²) in [5.74, 6) is -1.41. The molecule has 2 aromatic carbocycles. The SMILES string of the molecule is O=C(O)COc1ccccc1C(=O)Nc1cc(Cl)cc(Cl)c1. The van der Waals surface area contributed by atoms with E-state index in [4.69, 9.17) is 33.0 Å². The van der Waals surface area contributed by atoms with Crippen LogP contribution in [-0.2, 0) is 4.79 Å². The van der Waals surface area contributed by atoms with Gasteiger partial charge in [0.25, 0.3) is 5.91 Å². The zero-order valence-corrected chi connectivity index (χ0v) is 12.7. The molecular formula is C15H11Cl2NO4. The molecule has 0 aliphatic carbocycles. The number of rotatable bonds is 5. The Hall–Kier alpha value is -2.24. The first kappa shape index (κ1) is 16.1. The van der Waals surface area contributed by atoms with Crippen LogP contribution in [0, 0.1) is 0 Å². The number of benzene rings is 2. The number of amides is 1. The van der Waals surface area contributed by atoms with Crippen LogP contribution in [-0.4, -0.2) is 23.6 Å². The molecule has 2 aromatic rings. The summed E-state index contributed by atoms with van der Waals surface area (Å²) in [6, 6.07) is 11.0. The van der Waals surface area contributed by atoms with Crippen LogP contribution >= 0.6 is 23.2 Å². The monoisotopic (exact) mass is 339 g/mol. The Morgan fingerprint density at radius 3 is 2.36 bits per heavy atom. The number of carboxylic acid groups (broad SMARTS) is 1. The van der Waals surface area contributed by atoms with Crippen molar-refractivity contribution in [2.75, 3.05) is 11.9 Å². The molecule has 0 saturated carbocycles. The van der Waals surface area contributed by atoms with Crippen LogP contribution in [0.4, 0.5) is 5.69 Å². The normalized spacial score (nSPS) is 10.1. The number of nitrogens with one attached hydrogen (secondary N) is 1. The first-order valence-corrected chi connectivity index (χ1v) is 6.92. The van der Waals surface area contributed by atoms with E-state index >= 15 is 0 Å². The third-order valence-corrected chi connectivity index (χ3v) is 3.04. The van der Waals surface area contributed by atoms with E-state index in [1.165, 1.54) is 12.1 Å². The second-order valence-corrected chi connectivity index (χ2v) is 5.16. The summed E-state index contributed by atoms with van der Waals surface area (Å²) in [5.41, 5.74) is 0.635. The summed E-state index contributed by atoms with van der Waals surface area (Å²) in [4.78, 5) is 22.8. The van der Waals surface area contributed by atoms with Gasteiger partial charge in [-0.1, -0.05) is 35.3 Å². The van der Waals surface area contributed by atoms with E-state index in [-0.39, 0.29) is 11.3 Å². The minimum Gasteiger partial charge on any atom is -0.481 e. The maximum atomic E-state index is 12.3. The molecule has 0 saturated heterocycles. The molecule has 0 bridgehead atoms. The Morgan fingerprint density at radius 2 is 1.73 bits per heavy atom. The largest absolute Gasteiger partial charge is 0.481 e. The maximum absolute atomic E-state index is 12.3. The fraction of sp³-hybridized carbons (Fsp3) is 0.0667. The summed E-state index contributed by atoms with van der Waals surface area (Å²) in [6.45, 7) is -0.534. The highest BCUT2D eigenvalue weighted by Gasteiger charge is 2.13. The third kappa shape index (κ3) is 4.38. The number of carboxylic acids is 1. The molecule has 0 fully saturated rings. The van der Waals surface area contributed by atoms with Gasteiger partial charge in [0.1, 0.15) is 5.75 Å². The van der Waals surface area contributed by atoms with E-state index in [1.807, 2.05) is 0 Å². The molecule has 0 aliphatic heterocycles. The molecule has 7 heteroatoms. The molecule has 0 heterocycles. The van der Waals surface area contributed by atoms with Crippen molar-refractivity contribution in [1.29, 1.82) is 0 Å². The van der Waals surface area contributed by atoms with Crippen LogP contribution in [0.2, 0.25) is 10.0 Å². The van der Waals surface area contributed by atoms with Crippen molar-refractivity contribution in [3.05, 3.63) is 58.1 Å². The number of anilines is 1. The van der Waals surface area contributed by atoms with Crippen LogP contribution in [0.5, 0.6) is 5.75 Å². The number of hydrogen-bond acceptors (Lipinski definition) is 3. The zero-order valence-electron chi connectivity index (χ0n) is 11.2. The van der Waals surface area contributed by atoms with Crippen molar-refractivity contribution >= 4 is 40.8 Å². The molecule has 0 atom stereocenters. The number of carbonyl (C=O) groups excluding carboxylic acids is 1. The fourth-order valence-electron chi connectivity index (χ4n) is 1.74. The Morgan fingerprint density at radius 1 is 1.09 bits per heavy atom. The predicted molar refractivity (Wildman–Crippen MR) is 84.0 cm³/mol. The van der Waals surface area contributed by atoms with Gasteiger partial charge in [-0.3, -0.25) is 4.79 Å². The van der Waals surface area contributed by atoms with E-state index in [1.54, 1.807) is 30.3 Å². The number of hydrogen-bond donors (Lipinski definition) is 2. The highest BCUT2D eigenvalue weighted by Crippen LogP contribution is 2.24. The molecular weight excluding hydrogens is 329 g/mol. The van der Waals surface area contributed by atoms with Gasteiger partial charge in [-0.2, -0.15) is 0 Å². The molecule has 0 aromatic heterocycles. The highest BCUT2D eigenvalue weighted by atomic mass is 35.5. The first-order valence-electron chi connectivity index (χ1n) is 6.17. The lowest BCUT2D eigenvalue weighted by atomic mass is 10.2. The smallest absolute Gasteiger partial charge is 0.341 e. The van der Waals surface area contributed by atoms with Gasteiger partial charge in [0.15, 0.2) is 6.61 Å². The summed E-state index contributed by atoms with van der Waals surface area (Å²) < 4.78 is 5.09. The summed E-state index contributed by atoms with van der Waals surface area (Å²) in [7, 11) is 0.